The lowest BCUT2D eigenvalue weighted by Gasteiger charge is -2.26. The summed E-state index contributed by atoms with van der Waals surface area (Å²) in [5, 5.41) is 9.14. The maximum atomic E-state index is 12.3. The third kappa shape index (κ3) is 1.99. The number of halogens is 4. The van der Waals surface area contributed by atoms with Crippen LogP contribution in [0.5, 0.6) is 0 Å². The molecular weight excluding hydrogens is 219 g/mol. The van der Waals surface area contributed by atoms with Gasteiger partial charge in [0.05, 0.1) is 0 Å². The number of aromatic nitrogens is 1. The second kappa shape index (κ2) is 3.40. The summed E-state index contributed by atoms with van der Waals surface area (Å²) >= 11 is 5.41. The summed E-state index contributed by atoms with van der Waals surface area (Å²) in [6, 6.07) is 2.05. The van der Waals surface area contributed by atoms with Gasteiger partial charge in [-0.3, -0.25) is 0 Å². The van der Waals surface area contributed by atoms with Crippen molar-refractivity contribution in [3.8, 4) is 0 Å². The molecule has 0 bridgehead atoms. The second-order valence-electron chi connectivity index (χ2n) is 2.94. The Morgan fingerprint density at radius 2 is 2.00 bits per heavy atom. The highest BCUT2D eigenvalue weighted by Gasteiger charge is 2.51. The molecule has 78 valence electrons. The number of hydrogen-bond donors (Lipinski definition) is 1. The van der Waals surface area contributed by atoms with Crippen molar-refractivity contribution in [1.82, 2.24) is 4.98 Å². The first-order chi connectivity index (χ1) is 6.25. The molecule has 1 heterocycles. The van der Waals surface area contributed by atoms with E-state index in [1.807, 2.05) is 0 Å². The van der Waals surface area contributed by atoms with Crippen LogP contribution in [0.1, 0.15) is 12.5 Å². The van der Waals surface area contributed by atoms with Gasteiger partial charge in [-0.25, -0.2) is 4.98 Å². The van der Waals surface area contributed by atoms with Crippen molar-refractivity contribution in [2.75, 3.05) is 0 Å². The molecule has 0 fully saturated rings. The Labute approximate surface area is 83.3 Å². The Hall–Kier alpha value is -0.810. The Morgan fingerprint density at radius 1 is 1.43 bits per heavy atom. The molecule has 1 unspecified atom stereocenters. The molecule has 6 heteroatoms. The summed E-state index contributed by atoms with van der Waals surface area (Å²) in [5.74, 6) is 0. The fourth-order valence-corrected chi connectivity index (χ4v) is 1.04. The van der Waals surface area contributed by atoms with Crippen LogP contribution in [0.4, 0.5) is 13.2 Å². The highest BCUT2D eigenvalue weighted by molar-refractivity contribution is 6.29. The van der Waals surface area contributed by atoms with Gasteiger partial charge in [0.15, 0.2) is 5.60 Å². The largest absolute Gasteiger partial charge is 0.421 e. The molecule has 1 atom stereocenters. The van der Waals surface area contributed by atoms with Gasteiger partial charge in [-0.2, -0.15) is 13.2 Å². The van der Waals surface area contributed by atoms with Crippen LogP contribution in [0, 0.1) is 0 Å². The number of hydrogen-bond acceptors (Lipinski definition) is 2. The number of rotatable bonds is 1. The number of nitrogens with zero attached hydrogens (tertiary/aromatic N) is 1. The van der Waals surface area contributed by atoms with E-state index in [0.29, 0.717) is 6.92 Å². The van der Waals surface area contributed by atoms with Crippen molar-refractivity contribution in [2.24, 2.45) is 0 Å². The van der Waals surface area contributed by atoms with Gasteiger partial charge >= 0.3 is 6.18 Å². The normalized spacial score (nSPS) is 16.4. The van der Waals surface area contributed by atoms with Crippen LogP contribution < -0.4 is 0 Å². The SMILES string of the molecule is CC(O)(c1ccnc(Cl)c1)C(F)(F)F. The van der Waals surface area contributed by atoms with Crippen LogP contribution in [0.25, 0.3) is 0 Å². The molecule has 1 rings (SSSR count). The summed E-state index contributed by atoms with van der Waals surface area (Å²) in [5.41, 5.74) is -3.23. The number of aliphatic hydroxyl groups is 1. The third-order valence-electron chi connectivity index (χ3n) is 1.84. The van der Waals surface area contributed by atoms with Crippen LogP contribution in [0.15, 0.2) is 18.3 Å². The van der Waals surface area contributed by atoms with Crippen molar-refractivity contribution in [3.63, 3.8) is 0 Å². The molecule has 0 spiro atoms. The molecule has 1 aromatic heterocycles. The van der Waals surface area contributed by atoms with E-state index in [1.54, 1.807) is 0 Å². The summed E-state index contributed by atoms with van der Waals surface area (Å²) in [7, 11) is 0. The van der Waals surface area contributed by atoms with E-state index in [1.165, 1.54) is 0 Å². The molecule has 14 heavy (non-hydrogen) atoms. The number of pyridine rings is 1. The predicted molar refractivity (Wildman–Crippen MR) is 44.9 cm³/mol. The third-order valence-corrected chi connectivity index (χ3v) is 2.05. The highest BCUT2D eigenvalue weighted by Crippen LogP contribution is 2.38. The van der Waals surface area contributed by atoms with E-state index in [0.717, 1.165) is 18.3 Å². The fourth-order valence-electron chi connectivity index (χ4n) is 0.869. The quantitative estimate of drug-likeness (QED) is 0.745. The molecule has 1 aromatic rings. The molecule has 1 N–H and O–H groups in total. The molecule has 0 saturated heterocycles. The van der Waals surface area contributed by atoms with Crippen LogP contribution in [0.2, 0.25) is 5.15 Å². The van der Waals surface area contributed by atoms with Crippen molar-refractivity contribution >= 4 is 11.6 Å². The molecule has 2 nitrogen and oxygen atoms in total. The fraction of sp³-hybridized carbons (Fsp3) is 0.375. The average molecular weight is 226 g/mol. The molecule has 0 aliphatic carbocycles. The first-order valence-electron chi connectivity index (χ1n) is 3.66. The van der Waals surface area contributed by atoms with Gasteiger partial charge in [-0.15, -0.1) is 0 Å². The molecule has 0 aliphatic heterocycles. The van der Waals surface area contributed by atoms with E-state index >= 15 is 0 Å². The minimum atomic E-state index is -4.74. The van der Waals surface area contributed by atoms with Gasteiger partial charge in [0.25, 0.3) is 0 Å². The summed E-state index contributed by atoms with van der Waals surface area (Å²) in [6.07, 6.45) is -3.63. The van der Waals surface area contributed by atoms with Gasteiger partial charge < -0.3 is 5.11 Å². The zero-order valence-electron chi connectivity index (χ0n) is 7.14. The first-order valence-corrected chi connectivity index (χ1v) is 4.04. The van der Waals surface area contributed by atoms with Crippen molar-refractivity contribution < 1.29 is 18.3 Å². The van der Waals surface area contributed by atoms with Crippen molar-refractivity contribution in [3.05, 3.63) is 29.0 Å². The van der Waals surface area contributed by atoms with E-state index in [-0.39, 0.29) is 10.7 Å². The van der Waals surface area contributed by atoms with Gasteiger partial charge in [0, 0.05) is 6.20 Å². The van der Waals surface area contributed by atoms with Crippen LogP contribution >= 0.6 is 11.6 Å². The lowest BCUT2D eigenvalue weighted by molar-refractivity contribution is -0.258. The lowest BCUT2D eigenvalue weighted by atomic mass is 9.97. The van der Waals surface area contributed by atoms with E-state index in [9.17, 15) is 18.3 Å². The minimum absolute atomic E-state index is 0.0907. The Bertz CT molecular complexity index is 338. The van der Waals surface area contributed by atoms with E-state index < -0.39 is 11.8 Å². The number of alkyl halides is 3. The standard InChI is InChI=1S/C8H7ClF3NO/c1-7(14,8(10,11)12)5-2-3-13-6(9)4-5/h2-4,14H,1H3. The van der Waals surface area contributed by atoms with Crippen LogP contribution in [0.3, 0.4) is 0 Å². The van der Waals surface area contributed by atoms with E-state index in [2.05, 4.69) is 4.98 Å². The lowest BCUT2D eigenvalue weighted by Crippen LogP contribution is -2.39. The summed E-state index contributed by atoms with van der Waals surface area (Å²) < 4.78 is 37.0. The average Bonchev–Trinajstić information content (AvgIpc) is 2.02. The first kappa shape index (κ1) is 11.3. The Kier molecular flexibility index (Phi) is 2.74. The maximum absolute atomic E-state index is 12.3. The zero-order valence-corrected chi connectivity index (χ0v) is 7.89. The maximum Gasteiger partial charge on any atom is 0.421 e. The Balaban J connectivity index is 3.16. The monoisotopic (exact) mass is 225 g/mol. The minimum Gasteiger partial charge on any atom is -0.376 e. The molecule has 0 aromatic carbocycles. The van der Waals surface area contributed by atoms with Crippen molar-refractivity contribution in [1.29, 1.82) is 0 Å². The molecule has 0 amide bonds. The Morgan fingerprint density at radius 3 is 2.43 bits per heavy atom. The summed E-state index contributed by atoms with van der Waals surface area (Å²) in [6.45, 7) is 0.665. The molecule has 0 saturated carbocycles. The molecule has 0 radical (unpaired) electrons. The van der Waals surface area contributed by atoms with Crippen molar-refractivity contribution in [2.45, 2.75) is 18.7 Å². The zero-order chi connectivity index (χ0) is 11.0. The van der Waals surface area contributed by atoms with Gasteiger partial charge in [0.2, 0.25) is 0 Å². The van der Waals surface area contributed by atoms with Gasteiger partial charge in [-0.05, 0) is 24.6 Å². The van der Waals surface area contributed by atoms with Crippen LogP contribution in [-0.2, 0) is 5.60 Å². The highest BCUT2D eigenvalue weighted by atomic mass is 35.5. The topological polar surface area (TPSA) is 33.1 Å². The van der Waals surface area contributed by atoms with Crippen LogP contribution in [-0.4, -0.2) is 16.3 Å². The van der Waals surface area contributed by atoms with Gasteiger partial charge in [0.1, 0.15) is 5.15 Å². The van der Waals surface area contributed by atoms with E-state index in [4.69, 9.17) is 11.6 Å². The predicted octanol–water partition coefficient (Wildman–Crippen LogP) is 2.50. The second-order valence-corrected chi connectivity index (χ2v) is 3.32. The summed E-state index contributed by atoms with van der Waals surface area (Å²) in [4.78, 5) is 3.52. The molecule has 0 aliphatic rings. The van der Waals surface area contributed by atoms with Gasteiger partial charge in [-0.1, -0.05) is 11.6 Å². The molecular formula is C8H7ClF3NO. The smallest absolute Gasteiger partial charge is 0.376 e.